The molecule has 3 rings (SSSR count). The van der Waals surface area contributed by atoms with Crippen LogP contribution in [0.5, 0.6) is 5.75 Å². The summed E-state index contributed by atoms with van der Waals surface area (Å²) >= 11 is 0. The lowest BCUT2D eigenvalue weighted by Crippen LogP contribution is -2.38. The molecule has 10 heteroatoms. The van der Waals surface area contributed by atoms with Crippen LogP contribution in [0, 0.1) is 17.5 Å². The normalized spacial score (nSPS) is 11.1. The number of carbonyl (C=O) groups excluding carboxylic acids is 1. The van der Waals surface area contributed by atoms with E-state index in [4.69, 9.17) is 4.74 Å². The highest BCUT2D eigenvalue weighted by Crippen LogP contribution is 2.26. The van der Waals surface area contributed by atoms with Gasteiger partial charge in [-0.2, -0.15) is 0 Å². The van der Waals surface area contributed by atoms with E-state index in [1.165, 1.54) is 36.4 Å². The number of benzene rings is 3. The molecule has 0 atom stereocenters. The lowest BCUT2D eigenvalue weighted by Gasteiger charge is -2.24. The van der Waals surface area contributed by atoms with Gasteiger partial charge in [-0.1, -0.05) is 6.07 Å². The zero-order valence-corrected chi connectivity index (χ0v) is 17.7. The van der Waals surface area contributed by atoms with Gasteiger partial charge in [0.2, 0.25) is 5.91 Å². The zero-order chi connectivity index (χ0) is 23.3. The molecule has 0 fully saturated rings. The van der Waals surface area contributed by atoms with E-state index in [-0.39, 0.29) is 10.6 Å². The Kier molecular flexibility index (Phi) is 7.04. The van der Waals surface area contributed by atoms with Crippen LogP contribution in [0.4, 0.5) is 24.5 Å². The van der Waals surface area contributed by atoms with Crippen LogP contribution in [-0.4, -0.2) is 27.5 Å². The van der Waals surface area contributed by atoms with E-state index in [1.54, 1.807) is 6.92 Å². The lowest BCUT2D eigenvalue weighted by atomic mass is 10.3. The molecule has 0 saturated carbocycles. The first-order chi connectivity index (χ1) is 15.2. The second-order valence-electron chi connectivity index (χ2n) is 6.54. The third-order valence-corrected chi connectivity index (χ3v) is 6.14. The highest BCUT2D eigenvalue weighted by atomic mass is 32.2. The number of para-hydroxylation sites is 1. The maximum absolute atomic E-state index is 13.9. The van der Waals surface area contributed by atoms with Crippen LogP contribution in [0.15, 0.2) is 71.6 Å². The summed E-state index contributed by atoms with van der Waals surface area (Å²) in [5.41, 5.74) is -0.709. The summed E-state index contributed by atoms with van der Waals surface area (Å²) in [5, 5.41) is 2.05. The van der Waals surface area contributed by atoms with Crippen molar-refractivity contribution in [3.8, 4) is 5.75 Å². The van der Waals surface area contributed by atoms with Gasteiger partial charge in [-0.3, -0.25) is 9.10 Å². The summed E-state index contributed by atoms with van der Waals surface area (Å²) in [7, 11) is -4.30. The lowest BCUT2D eigenvalue weighted by molar-refractivity contribution is -0.114. The molecule has 0 aliphatic rings. The first-order valence-corrected chi connectivity index (χ1v) is 10.9. The fourth-order valence-corrected chi connectivity index (χ4v) is 4.27. The Morgan fingerprint density at radius 3 is 2.09 bits per heavy atom. The molecule has 0 heterocycles. The van der Waals surface area contributed by atoms with Crippen molar-refractivity contribution >= 4 is 27.3 Å². The Hall–Kier alpha value is -3.53. The average molecular weight is 464 g/mol. The van der Waals surface area contributed by atoms with Gasteiger partial charge in [-0.25, -0.2) is 21.6 Å². The molecule has 0 spiro atoms. The number of halogens is 3. The molecule has 168 valence electrons. The maximum atomic E-state index is 13.9. The van der Waals surface area contributed by atoms with Crippen molar-refractivity contribution in [1.29, 1.82) is 0 Å². The van der Waals surface area contributed by atoms with Crippen LogP contribution in [0.3, 0.4) is 0 Å². The monoisotopic (exact) mass is 464 g/mol. The molecule has 0 aliphatic heterocycles. The summed E-state index contributed by atoms with van der Waals surface area (Å²) < 4.78 is 73.7. The number of anilines is 2. The number of nitrogens with one attached hydrogen (secondary N) is 1. The Morgan fingerprint density at radius 1 is 0.938 bits per heavy atom. The van der Waals surface area contributed by atoms with Crippen molar-refractivity contribution < 1.29 is 31.1 Å². The SMILES string of the molecule is CCOc1ccc(S(=O)(=O)N(CC(=O)Nc2c(F)cccc2F)c2ccc(F)cc2)cc1. The van der Waals surface area contributed by atoms with Gasteiger partial charge < -0.3 is 10.1 Å². The number of hydrogen-bond acceptors (Lipinski definition) is 4. The van der Waals surface area contributed by atoms with Crippen LogP contribution >= 0.6 is 0 Å². The second-order valence-corrected chi connectivity index (χ2v) is 8.40. The Morgan fingerprint density at radius 2 is 1.53 bits per heavy atom. The highest BCUT2D eigenvalue weighted by molar-refractivity contribution is 7.92. The summed E-state index contributed by atoms with van der Waals surface area (Å²) in [6.07, 6.45) is 0. The van der Waals surface area contributed by atoms with Crippen LogP contribution in [-0.2, 0) is 14.8 Å². The van der Waals surface area contributed by atoms with E-state index >= 15 is 0 Å². The first kappa shape index (κ1) is 23.1. The van der Waals surface area contributed by atoms with Crippen molar-refractivity contribution in [2.75, 3.05) is 22.8 Å². The quantitative estimate of drug-likeness (QED) is 0.538. The minimum Gasteiger partial charge on any atom is -0.494 e. The predicted molar refractivity (Wildman–Crippen MR) is 114 cm³/mol. The van der Waals surface area contributed by atoms with E-state index < -0.39 is 45.6 Å². The molecule has 3 aromatic rings. The number of amides is 1. The molecular weight excluding hydrogens is 445 g/mol. The molecule has 0 bridgehead atoms. The Bertz CT molecular complexity index is 1180. The van der Waals surface area contributed by atoms with E-state index in [0.29, 0.717) is 12.4 Å². The molecular formula is C22H19F3N2O4S. The second kappa shape index (κ2) is 9.73. The fraction of sp³-hybridized carbons (Fsp3) is 0.136. The summed E-state index contributed by atoms with van der Waals surface area (Å²) in [6, 6.07) is 13.0. The van der Waals surface area contributed by atoms with Crippen LogP contribution in [0.2, 0.25) is 0 Å². The van der Waals surface area contributed by atoms with Gasteiger partial charge in [0.15, 0.2) is 0 Å². The van der Waals surface area contributed by atoms with Gasteiger partial charge in [-0.05, 0) is 67.6 Å². The third kappa shape index (κ3) is 5.20. The number of hydrogen-bond donors (Lipinski definition) is 1. The van der Waals surface area contributed by atoms with Crippen molar-refractivity contribution in [2.45, 2.75) is 11.8 Å². The van der Waals surface area contributed by atoms with E-state index in [0.717, 1.165) is 34.6 Å². The molecule has 3 aromatic carbocycles. The summed E-state index contributed by atoms with van der Waals surface area (Å²) in [5.74, 6) is -3.17. The number of sulfonamides is 1. The molecule has 1 amide bonds. The molecule has 6 nitrogen and oxygen atoms in total. The standard InChI is InChI=1S/C22H19F3N2O4S/c1-2-31-17-10-12-18(13-11-17)32(29,30)27(16-8-6-15(23)7-9-16)14-21(28)26-22-19(24)4-3-5-20(22)25/h3-13H,2,14H2,1H3,(H,26,28). The van der Waals surface area contributed by atoms with Crippen LogP contribution < -0.4 is 14.4 Å². The Labute approximate surface area is 183 Å². The molecule has 0 aromatic heterocycles. The Balaban J connectivity index is 1.95. The topological polar surface area (TPSA) is 75.7 Å². The molecule has 1 N–H and O–H groups in total. The van der Waals surface area contributed by atoms with Crippen molar-refractivity contribution in [3.63, 3.8) is 0 Å². The molecule has 0 aliphatic carbocycles. The van der Waals surface area contributed by atoms with E-state index in [1.807, 2.05) is 0 Å². The minimum absolute atomic E-state index is 0.00978. The molecule has 0 radical (unpaired) electrons. The zero-order valence-electron chi connectivity index (χ0n) is 16.9. The number of ether oxygens (including phenoxy) is 1. The van der Waals surface area contributed by atoms with Gasteiger partial charge in [0.05, 0.1) is 17.2 Å². The largest absolute Gasteiger partial charge is 0.494 e. The smallest absolute Gasteiger partial charge is 0.264 e. The third-order valence-electron chi connectivity index (χ3n) is 4.35. The van der Waals surface area contributed by atoms with E-state index in [9.17, 15) is 26.4 Å². The van der Waals surface area contributed by atoms with Gasteiger partial charge in [0, 0.05) is 0 Å². The van der Waals surface area contributed by atoms with Gasteiger partial charge >= 0.3 is 0 Å². The molecule has 0 unspecified atom stereocenters. The van der Waals surface area contributed by atoms with Crippen molar-refractivity contribution in [3.05, 3.63) is 84.2 Å². The number of nitrogens with zero attached hydrogens (tertiary/aromatic N) is 1. The number of rotatable bonds is 8. The van der Waals surface area contributed by atoms with Gasteiger partial charge in [0.1, 0.15) is 35.4 Å². The van der Waals surface area contributed by atoms with Crippen LogP contribution in [0.25, 0.3) is 0 Å². The number of carbonyl (C=O) groups is 1. The first-order valence-electron chi connectivity index (χ1n) is 9.47. The van der Waals surface area contributed by atoms with E-state index in [2.05, 4.69) is 5.32 Å². The molecule has 32 heavy (non-hydrogen) atoms. The van der Waals surface area contributed by atoms with Crippen molar-refractivity contribution in [2.24, 2.45) is 0 Å². The average Bonchev–Trinajstić information content (AvgIpc) is 2.76. The minimum atomic E-state index is -4.30. The highest BCUT2D eigenvalue weighted by Gasteiger charge is 2.28. The predicted octanol–water partition coefficient (Wildman–Crippen LogP) is 4.34. The van der Waals surface area contributed by atoms with Gasteiger partial charge in [0.25, 0.3) is 10.0 Å². The van der Waals surface area contributed by atoms with Gasteiger partial charge in [-0.15, -0.1) is 0 Å². The molecule has 0 saturated heterocycles. The maximum Gasteiger partial charge on any atom is 0.264 e. The fourth-order valence-electron chi connectivity index (χ4n) is 2.85. The summed E-state index contributed by atoms with van der Waals surface area (Å²) in [4.78, 5) is 12.4. The summed E-state index contributed by atoms with van der Waals surface area (Å²) in [6.45, 7) is 1.35. The van der Waals surface area contributed by atoms with Crippen molar-refractivity contribution in [1.82, 2.24) is 0 Å². The van der Waals surface area contributed by atoms with Crippen LogP contribution in [0.1, 0.15) is 6.92 Å².